The summed E-state index contributed by atoms with van der Waals surface area (Å²) in [6.45, 7) is 6.38. The van der Waals surface area contributed by atoms with Crippen LogP contribution in [0.4, 0.5) is 0 Å². The van der Waals surface area contributed by atoms with Gasteiger partial charge in [0.15, 0.2) is 5.78 Å². The van der Waals surface area contributed by atoms with E-state index in [0.29, 0.717) is 5.92 Å². The van der Waals surface area contributed by atoms with Crippen LogP contribution < -0.4 is 0 Å². The van der Waals surface area contributed by atoms with Crippen LogP contribution in [0.15, 0.2) is 59.7 Å². The minimum absolute atomic E-state index is 0.205. The number of ketones is 1. The molecule has 0 radical (unpaired) electrons. The Morgan fingerprint density at radius 1 is 0.833 bits per heavy atom. The van der Waals surface area contributed by atoms with E-state index in [2.05, 4.69) is 69.3 Å². The second-order valence-corrected chi connectivity index (χ2v) is 7.01. The molecule has 1 aliphatic carbocycles. The van der Waals surface area contributed by atoms with Crippen LogP contribution in [0.1, 0.15) is 42.0 Å². The number of aryl methyl sites for hydroxylation is 2. The zero-order valence-corrected chi connectivity index (χ0v) is 14.7. The maximum absolute atomic E-state index is 12.9. The normalized spacial score (nSPS) is 21.5. The predicted octanol–water partition coefficient (Wildman–Crippen LogP) is 5.77. The molecular weight excluding hydrogens is 292 g/mol. The van der Waals surface area contributed by atoms with Gasteiger partial charge in [-0.1, -0.05) is 66.6 Å². The lowest BCUT2D eigenvalue weighted by Crippen LogP contribution is -2.18. The molecule has 1 unspecified atom stereocenters. The zero-order valence-electron chi connectivity index (χ0n) is 14.7. The summed E-state index contributed by atoms with van der Waals surface area (Å²) in [5.74, 6) is 0.700. The molecule has 24 heavy (non-hydrogen) atoms. The Kier molecular flexibility index (Phi) is 4.80. The van der Waals surface area contributed by atoms with Gasteiger partial charge in [0.05, 0.1) is 0 Å². The van der Waals surface area contributed by atoms with Crippen molar-refractivity contribution >= 4 is 17.9 Å². The molecule has 0 heterocycles. The highest BCUT2D eigenvalue weighted by Gasteiger charge is 2.25. The fourth-order valence-electron chi connectivity index (χ4n) is 3.39. The van der Waals surface area contributed by atoms with Crippen LogP contribution in [-0.2, 0) is 4.79 Å². The smallest absolute Gasteiger partial charge is 0.185 e. The maximum atomic E-state index is 12.9. The van der Waals surface area contributed by atoms with Gasteiger partial charge in [-0.05, 0) is 55.9 Å². The number of hydrogen-bond donors (Lipinski definition) is 0. The molecule has 1 nitrogen and oxygen atoms in total. The van der Waals surface area contributed by atoms with Crippen molar-refractivity contribution in [3.63, 3.8) is 0 Å². The zero-order chi connectivity index (χ0) is 17.1. The number of rotatable bonds is 2. The van der Waals surface area contributed by atoms with Gasteiger partial charge in [-0.2, -0.15) is 0 Å². The van der Waals surface area contributed by atoms with Crippen LogP contribution in [-0.4, -0.2) is 5.78 Å². The number of allylic oxidation sites excluding steroid dienone is 2. The molecule has 3 rings (SSSR count). The summed E-state index contributed by atoms with van der Waals surface area (Å²) in [6, 6.07) is 16.6. The summed E-state index contributed by atoms with van der Waals surface area (Å²) < 4.78 is 0. The maximum Gasteiger partial charge on any atom is 0.185 e. The number of carbonyl (C=O) groups is 1. The molecule has 0 spiro atoms. The van der Waals surface area contributed by atoms with Gasteiger partial charge >= 0.3 is 0 Å². The first-order chi connectivity index (χ1) is 11.5. The Labute approximate surface area is 144 Å². The molecule has 0 bridgehead atoms. The third kappa shape index (κ3) is 3.91. The van der Waals surface area contributed by atoms with Crippen molar-refractivity contribution in [2.75, 3.05) is 0 Å². The first-order valence-corrected chi connectivity index (χ1v) is 8.60. The molecule has 1 saturated carbocycles. The average molecular weight is 316 g/mol. The number of carbonyl (C=O) groups excluding carboxylic acids is 1. The third-order valence-electron chi connectivity index (χ3n) is 4.49. The van der Waals surface area contributed by atoms with Gasteiger partial charge in [0, 0.05) is 11.1 Å². The van der Waals surface area contributed by atoms with E-state index in [4.69, 9.17) is 0 Å². The van der Waals surface area contributed by atoms with Crippen LogP contribution >= 0.6 is 0 Å². The standard InChI is InChI=1S/C23H24O/c1-16-6-4-8-19(10-16)14-21-12-18(3)13-22(23(21)24)15-20-9-5-7-17(2)11-20/h4-11,14-15,18H,12-13H2,1-3H3/b21-14-,22-15+. The molecule has 0 saturated heterocycles. The summed E-state index contributed by atoms with van der Waals surface area (Å²) in [4.78, 5) is 12.9. The molecule has 0 N–H and O–H groups in total. The Hall–Kier alpha value is -2.41. The molecule has 122 valence electrons. The second kappa shape index (κ2) is 7.00. The van der Waals surface area contributed by atoms with Gasteiger partial charge in [0.2, 0.25) is 0 Å². The van der Waals surface area contributed by atoms with Crippen LogP contribution in [0.3, 0.4) is 0 Å². The van der Waals surface area contributed by atoms with E-state index in [0.717, 1.165) is 35.1 Å². The van der Waals surface area contributed by atoms with Gasteiger partial charge < -0.3 is 0 Å². The number of hydrogen-bond acceptors (Lipinski definition) is 1. The van der Waals surface area contributed by atoms with E-state index in [9.17, 15) is 4.79 Å². The van der Waals surface area contributed by atoms with Gasteiger partial charge in [-0.15, -0.1) is 0 Å². The van der Waals surface area contributed by atoms with Crippen molar-refractivity contribution in [1.82, 2.24) is 0 Å². The van der Waals surface area contributed by atoms with Crippen molar-refractivity contribution in [2.45, 2.75) is 33.6 Å². The SMILES string of the molecule is Cc1cccc(/C=C2/CC(C)C/C(=C\c3cccc(C)c3)C2=O)c1. The summed E-state index contributed by atoms with van der Waals surface area (Å²) >= 11 is 0. The monoisotopic (exact) mass is 316 g/mol. The highest BCUT2D eigenvalue weighted by molar-refractivity contribution is 6.14. The van der Waals surface area contributed by atoms with E-state index in [1.54, 1.807) is 0 Å². The average Bonchev–Trinajstić information content (AvgIpc) is 2.52. The number of Topliss-reactive ketones (excluding diaryl/α,β-unsaturated/α-hetero) is 1. The van der Waals surface area contributed by atoms with Crippen LogP contribution in [0.5, 0.6) is 0 Å². The lowest BCUT2D eigenvalue weighted by molar-refractivity contribution is -0.113. The first kappa shape index (κ1) is 16.4. The third-order valence-corrected chi connectivity index (χ3v) is 4.49. The molecule has 1 fully saturated rings. The van der Waals surface area contributed by atoms with E-state index >= 15 is 0 Å². The lowest BCUT2D eigenvalue weighted by atomic mass is 9.80. The molecule has 0 amide bonds. The van der Waals surface area contributed by atoms with Gasteiger partial charge in [0.1, 0.15) is 0 Å². The fraction of sp³-hybridized carbons (Fsp3) is 0.261. The summed E-state index contributed by atoms with van der Waals surface area (Å²) in [5.41, 5.74) is 6.52. The Morgan fingerprint density at radius 2 is 1.29 bits per heavy atom. The molecule has 1 aliphatic rings. The van der Waals surface area contributed by atoms with E-state index in [1.165, 1.54) is 11.1 Å². The topological polar surface area (TPSA) is 17.1 Å². The van der Waals surface area contributed by atoms with Gasteiger partial charge in [0.25, 0.3) is 0 Å². The van der Waals surface area contributed by atoms with Gasteiger partial charge in [-0.3, -0.25) is 4.79 Å². The van der Waals surface area contributed by atoms with Crippen molar-refractivity contribution in [1.29, 1.82) is 0 Å². The number of benzene rings is 2. The minimum Gasteiger partial charge on any atom is -0.289 e. The Morgan fingerprint density at radius 3 is 1.71 bits per heavy atom. The summed E-state index contributed by atoms with van der Waals surface area (Å²) in [6.07, 6.45) is 5.85. The summed E-state index contributed by atoms with van der Waals surface area (Å²) in [5, 5.41) is 0. The van der Waals surface area contributed by atoms with E-state index in [-0.39, 0.29) is 5.78 Å². The van der Waals surface area contributed by atoms with Crippen LogP contribution in [0.2, 0.25) is 0 Å². The van der Waals surface area contributed by atoms with Crippen molar-refractivity contribution in [3.05, 3.63) is 81.9 Å². The van der Waals surface area contributed by atoms with Crippen LogP contribution in [0.25, 0.3) is 12.2 Å². The molecule has 1 atom stereocenters. The molecule has 0 aliphatic heterocycles. The molecule has 2 aromatic carbocycles. The molecular formula is C23H24O. The van der Waals surface area contributed by atoms with Crippen molar-refractivity contribution in [3.8, 4) is 0 Å². The Bertz CT molecular complexity index is 756. The molecule has 2 aromatic rings. The van der Waals surface area contributed by atoms with Crippen molar-refractivity contribution in [2.24, 2.45) is 5.92 Å². The highest BCUT2D eigenvalue weighted by atomic mass is 16.1. The van der Waals surface area contributed by atoms with E-state index in [1.807, 2.05) is 12.1 Å². The van der Waals surface area contributed by atoms with Crippen LogP contribution in [0, 0.1) is 19.8 Å². The predicted molar refractivity (Wildman–Crippen MR) is 102 cm³/mol. The fourth-order valence-corrected chi connectivity index (χ4v) is 3.39. The van der Waals surface area contributed by atoms with E-state index < -0.39 is 0 Å². The van der Waals surface area contributed by atoms with Crippen molar-refractivity contribution < 1.29 is 4.79 Å². The summed E-state index contributed by atoms with van der Waals surface area (Å²) in [7, 11) is 0. The lowest BCUT2D eigenvalue weighted by Gasteiger charge is -2.22. The second-order valence-electron chi connectivity index (χ2n) is 7.01. The minimum atomic E-state index is 0.205. The van der Waals surface area contributed by atoms with Gasteiger partial charge in [-0.25, -0.2) is 0 Å². The highest BCUT2D eigenvalue weighted by Crippen LogP contribution is 2.32. The quantitative estimate of drug-likeness (QED) is 0.643. The first-order valence-electron chi connectivity index (χ1n) is 8.60. The Balaban J connectivity index is 1.94. The largest absolute Gasteiger partial charge is 0.289 e. The molecule has 1 heteroatoms. The molecule has 0 aromatic heterocycles.